The number of thioether (sulfide) groups is 1. The molecule has 2 rings (SSSR count). The van der Waals surface area contributed by atoms with Crippen molar-refractivity contribution in [3.63, 3.8) is 0 Å². The summed E-state index contributed by atoms with van der Waals surface area (Å²) < 4.78 is 5.26. The number of rotatable bonds is 8. The number of carbonyl (C=O) groups excluding carboxylic acids is 1. The summed E-state index contributed by atoms with van der Waals surface area (Å²) in [4.78, 5) is 15.1. The van der Waals surface area contributed by atoms with Crippen molar-refractivity contribution in [2.45, 2.75) is 18.9 Å². The molecule has 1 amide bonds. The van der Waals surface area contributed by atoms with Crippen LogP contribution in [0.15, 0.2) is 24.4 Å². The van der Waals surface area contributed by atoms with E-state index in [1.54, 1.807) is 18.9 Å². The fourth-order valence-corrected chi connectivity index (χ4v) is 2.81. The van der Waals surface area contributed by atoms with E-state index < -0.39 is 6.04 Å². The number of nitrogens with one attached hydrogen (secondary N) is 2. The second-order valence-electron chi connectivity index (χ2n) is 5.15. The Balaban J connectivity index is 1.90. The third kappa shape index (κ3) is 4.18. The van der Waals surface area contributed by atoms with Gasteiger partial charge in [-0.1, -0.05) is 0 Å². The Labute approximate surface area is 135 Å². The summed E-state index contributed by atoms with van der Waals surface area (Å²) in [5.41, 5.74) is 8.07. The van der Waals surface area contributed by atoms with E-state index in [1.165, 1.54) is 0 Å². The van der Waals surface area contributed by atoms with E-state index in [9.17, 15) is 4.79 Å². The highest BCUT2D eigenvalue weighted by molar-refractivity contribution is 7.98. The van der Waals surface area contributed by atoms with Crippen LogP contribution < -0.4 is 15.8 Å². The van der Waals surface area contributed by atoms with Gasteiger partial charge in [0.25, 0.3) is 0 Å². The largest absolute Gasteiger partial charge is 0.497 e. The summed E-state index contributed by atoms with van der Waals surface area (Å²) in [7, 11) is 1.66. The summed E-state index contributed by atoms with van der Waals surface area (Å²) in [6.07, 6.45) is 5.45. The first-order valence-electron chi connectivity index (χ1n) is 7.32. The van der Waals surface area contributed by atoms with E-state index in [1.807, 2.05) is 30.7 Å². The minimum atomic E-state index is -0.421. The van der Waals surface area contributed by atoms with Crippen molar-refractivity contribution in [2.75, 3.05) is 25.7 Å². The summed E-state index contributed by atoms with van der Waals surface area (Å²) in [5, 5.41) is 4.03. The molecule has 0 fully saturated rings. The number of methoxy groups -OCH3 is 1. The highest BCUT2D eigenvalue weighted by Crippen LogP contribution is 2.23. The van der Waals surface area contributed by atoms with Gasteiger partial charge in [0.1, 0.15) is 5.75 Å². The molecule has 0 aliphatic rings. The first-order valence-corrected chi connectivity index (χ1v) is 8.71. The van der Waals surface area contributed by atoms with Crippen molar-refractivity contribution in [3.05, 3.63) is 30.0 Å². The third-order valence-electron chi connectivity index (χ3n) is 3.64. The number of carbonyl (C=O) groups is 1. The van der Waals surface area contributed by atoms with E-state index >= 15 is 0 Å². The highest BCUT2D eigenvalue weighted by atomic mass is 32.2. The molecule has 0 radical (unpaired) electrons. The summed E-state index contributed by atoms with van der Waals surface area (Å²) in [6, 6.07) is 5.51. The lowest BCUT2D eigenvalue weighted by Crippen LogP contribution is -2.41. The van der Waals surface area contributed by atoms with Gasteiger partial charge in [-0.3, -0.25) is 4.79 Å². The Morgan fingerprint density at radius 2 is 2.32 bits per heavy atom. The number of nitrogens with two attached hydrogens (primary N) is 1. The summed E-state index contributed by atoms with van der Waals surface area (Å²) >= 11 is 1.70. The summed E-state index contributed by atoms with van der Waals surface area (Å²) in [6.45, 7) is 0.579. The predicted molar refractivity (Wildman–Crippen MR) is 92.5 cm³/mol. The highest BCUT2D eigenvalue weighted by Gasteiger charge is 2.12. The lowest BCUT2D eigenvalue weighted by Gasteiger charge is -2.11. The molecule has 120 valence electrons. The topological polar surface area (TPSA) is 80.1 Å². The molecule has 1 aromatic carbocycles. The van der Waals surface area contributed by atoms with Gasteiger partial charge in [0.15, 0.2) is 0 Å². The van der Waals surface area contributed by atoms with Gasteiger partial charge in [-0.2, -0.15) is 11.8 Å². The fourth-order valence-electron chi connectivity index (χ4n) is 2.32. The first kappa shape index (κ1) is 16.7. The van der Waals surface area contributed by atoms with Crippen molar-refractivity contribution in [1.29, 1.82) is 0 Å². The van der Waals surface area contributed by atoms with Crippen molar-refractivity contribution >= 4 is 28.6 Å². The number of benzene rings is 1. The molecule has 1 atom stereocenters. The van der Waals surface area contributed by atoms with Crippen molar-refractivity contribution in [3.8, 4) is 5.75 Å². The molecule has 4 N–H and O–H groups in total. The molecule has 0 aliphatic carbocycles. The van der Waals surface area contributed by atoms with Gasteiger partial charge in [0, 0.05) is 23.6 Å². The average molecular weight is 321 g/mol. The molecule has 1 aromatic heterocycles. The van der Waals surface area contributed by atoms with Gasteiger partial charge in [0.2, 0.25) is 5.91 Å². The van der Waals surface area contributed by atoms with Crippen molar-refractivity contribution in [1.82, 2.24) is 10.3 Å². The van der Waals surface area contributed by atoms with Crippen LogP contribution in [0.1, 0.15) is 12.0 Å². The zero-order valence-corrected chi connectivity index (χ0v) is 13.8. The number of aromatic nitrogens is 1. The zero-order chi connectivity index (χ0) is 15.9. The second kappa shape index (κ2) is 8.10. The Bertz CT molecular complexity index is 627. The molecule has 2 aromatic rings. The Morgan fingerprint density at radius 3 is 3.05 bits per heavy atom. The number of aromatic amines is 1. The molecular weight excluding hydrogens is 298 g/mol. The zero-order valence-electron chi connectivity index (χ0n) is 13.0. The lowest BCUT2D eigenvalue weighted by molar-refractivity contribution is -0.122. The van der Waals surface area contributed by atoms with Crippen LogP contribution in [0.25, 0.3) is 10.9 Å². The molecule has 0 spiro atoms. The number of hydrogen-bond acceptors (Lipinski definition) is 4. The molecule has 0 aliphatic heterocycles. The van der Waals surface area contributed by atoms with E-state index in [0.717, 1.165) is 34.4 Å². The smallest absolute Gasteiger partial charge is 0.236 e. The van der Waals surface area contributed by atoms with Gasteiger partial charge in [-0.05, 0) is 48.6 Å². The first-order chi connectivity index (χ1) is 10.7. The van der Waals surface area contributed by atoms with Crippen molar-refractivity contribution in [2.24, 2.45) is 5.73 Å². The maximum atomic E-state index is 11.9. The molecular formula is C16H23N3O2S. The van der Waals surface area contributed by atoms with Crippen LogP contribution >= 0.6 is 11.8 Å². The SMILES string of the molecule is COc1ccc2[nH]cc(CCNC(=O)C(N)CCSC)c2c1. The van der Waals surface area contributed by atoms with Gasteiger partial charge < -0.3 is 20.8 Å². The Morgan fingerprint density at radius 1 is 1.50 bits per heavy atom. The molecule has 0 saturated heterocycles. The number of fused-ring (bicyclic) bond motifs is 1. The van der Waals surface area contributed by atoms with Crippen LogP contribution in [0.5, 0.6) is 5.75 Å². The minimum absolute atomic E-state index is 0.0773. The van der Waals surface area contributed by atoms with Crippen molar-refractivity contribution < 1.29 is 9.53 Å². The van der Waals surface area contributed by atoms with Crippen LogP contribution in [0.2, 0.25) is 0 Å². The molecule has 1 heterocycles. The maximum Gasteiger partial charge on any atom is 0.236 e. The summed E-state index contributed by atoms with van der Waals surface area (Å²) in [5.74, 6) is 1.65. The minimum Gasteiger partial charge on any atom is -0.497 e. The monoisotopic (exact) mass is 321 g/mol. The molecule has 22 heavy (non-hydrogen) atoms. The lowest BCUT2D eigenvalue weighted by atomic mass is 10.1. The van der Waals surface area contributed by atoms with Crippen LogP contribution in [-0.4, -0.2) is 42.6 Å². The van der Waals surface area contributed by atoms with E-state index in [4.69, 9.17) is 10.5 Å². The van der Waals surface area contributed by atoms with Crippen LogP contribution in [0.3, 0.4) is 0 Å². The number of ether oxygens (including phenoxy) is 1. The van der Waals surface area contributed by atoms with E-state index in [-0.39, 0.29) is 5.91 Å². The quantitative estimate of drug-likeness (QED) is 0.694. The van der Waals surface area contributed by atoms with Gasteiger partial charge in [-0.15, -0.1) is 0 Å². The molecule has 0 bridgehead atoms. The number of amides is 1. The van der Waals surface area contributed by atoms with E-state index in [2.05, 4.69) is 10.3 Å². The maximum absolute atomic E-state index is 11.9. The molecule has 6 heteroatoms. The van der Waals surface area contributed by atoms with Crippen LogP contribution in [0.4, 0.5) is 0 Å². The molecule has 5 nitrogen and oxygen atoms in total. The number of H-pyrrole nitrogens is 1. The second-order valence-corrected chi connectivity index (χ2v) is 6.14. The van der Waals surface area contributed by atoms with Gasteiger partial charge >= 0.3 is 0 Å². The predicted octanol–water partition coefficient (Wildman–Crippen LogP) is 1.92. The fraction of sp³-hybridized carbons (Fsp3) is 0.438. The molecule has 0 saturated carbocycles. The Hall–Kier alpha value is -1.66. The van der Waals surface area contributed by atoms with Crippen LogP contribution in [-0.2, 0) is 11.2 Å². The third-order valence-corrected chi connectivity index (χ3v) is 4.28. The normalized spacial score (nSPS) is 12.3. The van der Waals surface area contributed by atoms with Gasteiger partial charge in [0.05, 0.1) is 13.2 Å². The van der Waals surface area contributed by atoms with E-state index in [0.29, 0.717) is 13.0 Å². The average Bonchev–Trinajstić information content (AvgIpc) is 2.94. The van der Waals surface area contributed by atoms with Gasteiger partial charge in [-0.25, -0.2) is 0 Å². The molecule has 1 unspecified atom stereocenters. The Kier molecular flexibility index (Phi) is 6.15. The standard InChI is InChI=1S/C16H23N3O2S/c1-21-12-3-4-15-13(9-12)11(10-19-15)5-7-18-16(20)14(17)6-8-22-2/h3-4,9-10,14,19H,5-8,17H2,1-2H3,(H,18,20). The van der Waals surface area contributed by atoms with Crippen LogP contribution in [0, 0.1) is 0 Å². The number of hydrogen-bond donors (Lipinski definition) is 3.